The summed E-state index contributed by atoms with van der Waals surface area (Å²) in [5.41, 5.74) is 3.01. The Bertz CT molecular complexity index is 1630. The molecule has 0 saturated carbocycles. The van der Waals surface area contributed by atoms with Crippen molar-refractivity contribution >= 4 is 62.0 Å². The predicted molar refractivity (Wildman–Crippen MR) is 181 cm³/mol. The molecule has 4 aromatic rings. The fraction of sp³-hybridized carbons (Fsp3) is 0.294. The van der Waals surface area contributed by atoms with Crippen LogP contribution in [0, 0.1) is 0 Å². The van der Waals surface area contributed by atoms with Crippen molar-refractivity contribution in [3.05, 3.63) is 89.2 Å². The van der Waals surface area contributed by atoms with Crippen molar-refractivity contribution < 1.29 is 19.1 Å². The monoisotopic (exact) mass is 672 g/mol. The molecule has 1 amide bonds. The summed E-state index contributed by atoms with van der Waals surface area (Å²) < 4.78 is 12.3. The Morgan fingerprint density at radius 1 is 0.978 bits per heavy atom. The van der Waals surface area contributed by atoms with Gasteiger partial charge in [0.2, 0.25) is 5.91 Å². The summed E-state index contributed by atoms with van der Waals surface area (Å²) in [6, 6.07) is 21.2. The first-order valence-electron chi connectivity index (χ1n) is 15.1. The molecule has 0 bridgehead atoms. The van der Waals surface area contributed by atoms with Crippen LogP contribution in [0.5, 0.6) is 5.75 Å². The number of benzene rings is 3. The van der Waals surface area contributed by atoms with Gasteiger partial charge in [0.05, 0.1) is 31.0 Å². The van der Waals surface area contributed by atoms with E-state index in [9.17, 15) is 9.59 Å². The zero-order chi connectivity index (χ0) is 31.4. The first kappa shape index (κ1) is 32.1. The number of anilines is 3. The highest BCUT2D eigenvalue weighted by Crippen LogP contribution is 2.34. The summed E-state index contributed by atoms with van der Waals surface area (Å²) >= 11 is 3.51. The van der Waals surface area contributed by atoms with E-state index in [-0.39, 0.29) is 11.9 Å². The summed E-state index contributed by atoms with van der Waals surface area (Å²) in [5, 5.41) is 7.10. The number of aromatic nitrogens is 2. The van der Waals surface area contributed by atoms with Crippen LogP contribution in [0.3, 0.4) is 0 Å². The standard InChI is InChI=1S/C34H37BrN6O4/c1-2-44-33(43)23-41-17-15-40(16-18-41)14-7-19-45-31-22-29-28(34(37-24-36-29)38-27-11-6-10-26(35)20-27)21-30(31)39-32(42)13-12-25-8-4-3-5-9-25/h3-6,8-13,20-22,24H,2,7,14-19,23H2,1H3,(H,39,42)(H,36,37,38)/b13-12+. The number of nitrogens with zero attached hydrogens (tertiary/aromatic N) is 4. The van der Waals surface area contributed by atoms with Crippen molar-refractivity contribution in [3.8, 4) is 5.75 Å². The molecule has 11 heteroatoms. The Hall–Kier alpha value is -4.32. The third-order valence-electron chi connectivity index (χ3n) is 7.31. The molecule has 0 spiro atoms. The molecule has 0 aliphatic carbocycles. The molecular weight excluding hydrogens is 636 g/mol. The Kier molecular flexibility index (Phi) is 11.5. The van der Waals surface area contributed by atoms with Gasteiger partial charge in [-0.2, -0.15) is 0 Å². The number of amides is 1. The highest BCUT2D eigenvalue weighted by Gasteiger charge is 2.19. The van der Waals surface area contributed by atoms with Gasteiger partial charge in [-0.15, -0.1) is 0 Å². The van der Waals surface area contributed by atoms with E-state index in [2.05, 4.69) is 46.3 Å². The minimum atomic E-state index is -0.276. The Balaban J connectivity index is 1.27. The molecule has 1 aliphatic rings. The van der Waals surface area contributed by atoms with Gasteiger partial charge >= 0.3 is 5.97 Å². The highest BCUT2D eigenvalue weighted by atomic mass is 79.9. The summed E-state index contributed by atoms with van der Waals surface area (Å²) in [5.74, 6) is 0.703. The van der Waals surface area contributed by atoms with E-state index in [4.69, 9.17) is 9.47 Å². The summed E-state index contributed by atoms with van der Waals surface area (Å²) in [7, 11) is 0. The number of esters is 1. The lowest BCUT2D eigenvalue weighted by Crippen LogP contribution is -2.48. The second-order valence-electron chi connectivity index (χ2n) is 10.6. The molecule has 45 heavy (non-hydrogen) atoms. The van der Waals surface area contributed by atoms with Crippen LogP contribution in [-0.4, -0.2) is 84.1 Å². The van der Waals surface area contributed by atoms with Crippen LogP contribution >= 0.6 is 15.9 Å². The minimum absolute atomic E-state index is 0.172. The molecular formula is C34H37BrN6O4. The molecule has 1 saturated heterocycles. The molecule has 3 aromatic carbocycles. The maximum Gasteiger partial charge on any atom is 0.320 e. The van der Waals surface area contributed by atoms with Crippen LogP contribution in [0.1, 0.15) is 18.9 Å². The fourth-order valence-corrected chi connectivity index (χ4v) is 5.44. The van der Waals surface area contributed by atoms with Crippen LogP contribution in [0.15, 0.2) is 83.6 Å². The molecule has 5 rings (SSSR count). The molecule has 0 unspecified atom stereocenters. The van der Waals surface area contributed by atoms with Crippen molar-refractivity contribution in [3.63, 3.8) is 0 Å². The van der Waals surface area contributed by atoms with Crippen molar-refractivity contribution in [1.82, 2.24) is 19.8 Å². The van der Waals surface area contributed by atoms with Gasteiger partial charge in [0.1, 0.15) is 17.9 Å². The van der Waals surface area contributed by atoms with Crippen LogP contribution in [0.4, 0.5) is 17.2 Å². The lowest BCUT2D eigenvalue weighted by molar-refractivity contribution is -0.144. The fourth-order valence-electron chi connectivity index (χ4n) is 5.04. The largest absolute Gasteiger partial charge is 0.491 e. The van der Waals surface area contributed by atoms with E-state index >= 15 is 0 Å². The van der Waals surface area contributed by atoms with E-state index in [0.29, 0.717) is 42.5 Å². The predicted octanol–water partition coefficient (Wildman–Crippen LogP) is 5.74. The lowest BCUT2D eigenvalue weighted by atomic mass is 10.1. The number of rotatable bonds is 13. The summed E-state index contributed by atoms with van der Waals surface area (Å²) in [6.07, 6.45) is 5.59. The van der Waals surface area contributed by atoms with Crippen molar-refractivity contribution in [2.24, 2.45) is 0 Å². The summed E-state index contributed by atoms with van der Waals surface area (Å²) in [4.78, 5) is 38.3. The second-order valence-corrected chi connectivity index (χ2v) is 11.5. The SMILES string of the molecule is CCOC(=O)CN1CCN(CCCOc2cc3ncnc(Nc4cccc(Br)c4)c3cc2NC(=O)/C=C/c2ccccc2)CC1. The number of carbonyl (C=O) groups is 2. The topological polar surface area (TPSA) is 109 Å². The maximum atomic E-state index is 13.0. The molecule has 234 valence electrons. The van der Waals surface area contributed by atoms with E-state index in [1.807, 2.05) is 73.7 Å². The molecule has 1 aliphatic heterocycles. The number of fused-ring (bicyclic) bond motifs is 1. The maximum absolute atomic E-state index is 13.0. The van der Waals surface area contributed by atoms with E-state index < -0.39 is 0 Å². The second kappa shape index (κ2) is 16.1. The van der Waals surface area contributed by atoms with Crippen molar-refractivity contribution in [1.29, 1.82) is 0 Å². The number of ether oxygens (including phenoxy) is 2. The van der Waals surface area contributed by atoms with Crippen LogP contribution < -0.4 is 15.4 Å². The third-order valence-corrected chi connectivity index (χ3v) is 7.80. The molecule has 1 fully saturated rings. The summed E-state index contributed by atoms with van der Waals surface area (Å²) in [6.45, 7) is 7.32. The van der Waals surface area contributed by atoms with Crippen LogP contribution in [0.25, 0.3) is 17.0 Å². The normalized spacial score (nSPS) is 14.0. The van der Waals surface area contributed by atoms with E-state index in [1.54, 1.807) is 6.08 Å². The van der Waals surface area contributed by atoms with Gasteiger partial charge in [0.25, 0.3) is 0 Å². The average molecular weight is 674 g/mol. The van der Waals surface area contributed by atoms with E-state index in [1.165, 1.54) is 12.4 Å². The van der Waals surface area contributed by atoms with Gasteiger partial charge in [-0.25, -0.2) is 9.97 Å². The van der Waals surface area contributed by atoms with Gasteiger partial charge in [0.15, 0.2) is 0 Å². The molecule has 10 nitrogen and oxygen atoms in total. The quantitative estimate of drug-likeness (QED) is 0.104. The highest BCUT2D eigenvalue weighted by molar-refractivity contribution is 9.10. The van der Waals surface area contributed by atoms with Crippen molar-refractivity contribution in [2.75, 3.05) is 63.1 Å². The van der Waals surface area contributed by atoms with Gasteiger partial charge in [-0.05, 0) is 49.2 Å². The van der Waals surface area contributed by atoms with Gasteiger partial charge in [-0.1, -0.05) is 52.3 Å². The lowest BCUT2D eigenvalue weighted by Gasteiger charge is -2.34. The van der Waals surface area contributed by atoms with Crippen molar-refractivity contribution in [2.45, 2.75) is 13.3 Å². The zero-order valence-electron chi connectivity index (χ0n) is 25.2. The number of carbonyl (C=O) groups excluding carboxylic acids is 2. The first-order valence-corrected chi connectivity index (χ1v) is 15.8. The first-order chi connectivity index (χ1) is 22.0. The molecule has 2 N–H and O–H groups in total. The smallest absolute Gasteiger partial charge is 0.320 e. The number of piperazine rings is 1. The van der Waals surface area contributed by atoms with Gasteiger partial charge in [0, 0.05) is 60.4 Å². The Labute approximate surface area is 271 Å². The van der Waals surface area contributed by atoms with Crippen LogP contribution in [0.2, 0.25) is 0 Å². The third kappa shape index (κ3) is 9.58. The molecule has 2 heterocycles. The van der Waals surface area contributed by atoms with E-state index in [0.717, 1.165) is 60.3 Å². The zero-order valence-corrected chi connectivity index (χ0v) is 26.8. The minimum Gasteiger partial charge on any atom is -0.491 e. The molecule has 0 radical (unpaired) electrons. The molecule has 0 atom stereocenters. The number of halogens is 1. The average Bonchev–Trinajstić information content (AvgIpc) is 3.04. The number of nitrogens with one attached hydrogen (secondary N) is 2. The van der Waals surface area contributed by atoms with Gasteiger partial charge in [-0.3, -0.25) is 14.5 Å². The Morgan fingerprint density at radius 3 is 2.56 bits per heavy atom. The van der Waals surface area contributed by atoms with Crippen LogP contribution in [-0.2, 0) is 14.3 Å². The molecule has 1 aromatic heterocycles. The Morgan fingerprint density at radius 2 is 1.78 bits per heavy atom. The number of hydrogen-bond acceptors (Lipinski definition) is 9. The van der Waals surface area contributed by atoms with Gasteiger partial charge < -0.3 is 25.0 Å². The number of hydrogen-bond donors (Lipinski definition) is 2.